The summed E-state index contributed by atoms with van der Waals surface area (Å²) < 4.78 is 18.5. The molecule has 0 radical (unpaired) electrons. The molecule has 0 saturated heterocycles. The van der Waals surface area contributed by atoms with Crippen molar-refractivity contribution in [1.29, 1.82) is 0 Å². The highest BCUT2D eigenvalue weighted by molar-refractivity contribution is 9.09. The zero-order valence-corrected chi connectivity index (χ0v) is 19.4. The quantitative estimate of drug-likeness (QED) is 0.283. The van der Waals surface area contributed by atoms with Crippen molar-refractivity contribution in [3.05, 3.63) is 29.8 Å². The van der Waals surface area contributed by atoms with Crippen LogP contribution in [0.4, 0.5) is 0 Å². The molecule has 0 aliphatic rings. The number of aryl methyl sites for hydroxylation is 1. The monoisotopic (exact) mass is 446 g/mol. The minimum absolute atomic E-state index is 0.0173. The van der Waals surface area contributed by atoms with Gasteiger partial charge in [0.2, 0.25) is 0 Å². The number of hydrogen-bond acceptors (Lipinski definition) is 3. The van der Waals surface area contributed by atoms with E-state index in [4.69, 9.17) is 4.74 Å². The van der Waals surface area contributed by atoms with Gasteiger partial charge in [0.1, 0.15) is 0 Å². The SMILES string of the molecule is CCOC(=O)CC(CCBr)[C@H](C[Si](C)(C)C)S(=O)c1ccc(C)cc1. The molecule has 2 unspecified atom stereocenters. The van der Waals surface area contributed by atoms with Gasteiger partial charge in [-0.15, -0.1) is 0 Å². The minimum Gasteiger partial charge on any atom is -0.466 e. The highest BCUT2D eigenvalue weighted by Gasteiger charge is 2.33. The Morgan fingerprint density at radius 1 is 1.24 bits per heavy atom. The average molecular weight is 448 g/mol. The van der Waals surface area contributed by atoms with Crippen LogP contribution in [-0.2, 0) is 20.3 Å². The minimum atomic E-state index is -1.45. The van der Waals surface area contributed by atoms with E-state index in [1.165, 1.54) is 0 Å². The zero-order chi connectivity index (χ0) is 19.0. The molecule has 6 heteroatoms. The summed E-state index contributed by atoms with van der Waals surface area (Å²) in [5.74, 6) is -0.123. The van der Waals surface area contributed by atoms with Gasteiger partial charge in [0, 0.05) is 30.0 Å². The Balaban J connectivity index is 3.11. The number of alkyl halides is 1. The molecule has 0 fully saturated rings. The first-order chi connectivity index (χ1) is 11.7. The third kappa shape index (κ3) is 8.18. The molecule has 1 rings (SSSR count). The largest absolute Gasteiger partial charge is 0.466 e. The van der Waals surface area contributed by atoms with E-state index in [0.717, 1.165) is 28.3 Å². The van der Waals surface area contributed by atoms with Crippen molar-refractivity contribution >= 4 is 40.8 Å². The van der Waals surface area contributed by atoms with Crippen molar-refractivity contribution in [1.82, 2.24) is 0 Å². The number of carbonyl (C=O) groups excluding carboxylic acids is 1. The van der Waals surface area contributed by atoms with Crippen LogP contribution in [0.2, 0.25) is 25.7 Å². The molecule has 0 aliphatic carbocycles. The van der Waals surface area contributed by atoms with Gasteiger partial charge in [-0.25, -0.2) is 0 Å². The Morgan fingerprint density at radius 3 is 2.32 bits per heavy atom. The topological polar surface area (TPSA) is 43.4 Å². The number of ether oxygens (including phenoxy) is 1. The third-order valence-corrected chi connectivity index (χ3v) is 8.34. The molecule has 0 spiro atoms. The van der Waals surface area contributed by atoms with Gasteiger partial charge in [-0.1, -0.05) is 53.3 Å². The summed E-state index contributed by atoms with van der Waals surface area (Å²) in [6.45, 7) is 11.1. The molecule has 1 aromatic rings. The van der Waals surface area contributed by atoms with Crippen molar-refractivity contribution in [2.75, 3.05) is 11.9 Å². The number of carbonyl (C=O) groups is 1. The first-order valence-electron chi connectivity index (χ1n) is 8.86. The molecule has 3 nitrogen and oxygen atoms in total. The lowest BCUT2D eigenvalue weighted by Gasteiger charge is -2.30. The Kier molecular flexibility index (Phi) is 9.60. The summed E-state index contributed by atoms with van der Waals surface area (Å²) in [5.41, 5.74) is 1.16. The number of esters is 1. The summed E-state index contributed by atoms with van der Waals surface area (Å²) in [6, 6.07) is 8.86. The maximum absolute atomic E-state index is 13.4. The first-order valence-corrected chi connectivity index (χ1v) is 14.9. The van der Waals surface area contributed by atoms with Crippen molar-refractivity contribution in [3.8, 4) is 0 Å². The molecule has 0 amide bonds. The molecule has 0 bridgehead atoms. The van der Waals surface area contributed by atoms with Crippen LogP contribution in [0, 0.1) is 12.8 Å². The molecule has 25 heavy (non-hydrogen) atoms. The Bertz CT molecular complexity index is 569. The molecular formula is C19H31BrO3SSi. The second kappa shape index (κ2) is 10.6. The summed E-state index contributed by atoms with van der Waals surface area (Å²) in [6.07, 6.45) is 1.16. The molecular weight excluding hydrogens is 416 g/mol. The van der Waals surface area contributed by atoms with Gasteiger partial charge in [0.25, 0.3) is 0 Å². The van der Waals surface area contributed by atoms with E-state index < -0.39 is 18.9 Å². The van der Waals surface area contributed by atoms with Gasteiger partial charge in [0.05, 0.1) is 17.4 Å². The van der Waals surface area contributed by atoms with Gasteiger partial charge >= 0.3 is 5.97 Å². The van der Waals surface area contributed by atoms with E-state index in [-0.39, 0.29) is 17.1 Å². The molecule has 0 aliphatic heterocycles. The lowest BCUT2D eigenvalue weighted by Crippen LogP contribution is -2.36. The summed E-state index contributed by atoms with van der Waals surface area (Å²) >= 11 is 3.50. The third-order valence-electron chi connectivity index (χ3n) is 4.08. The van der Waals surface area contributed by atoms with Crippen LogP contribution < -0.4 is 0 Å². The lowest BCUT2D eigenvalue weighted by atomic mass is 9.99. The van der Waals surface area contributed by atoms with Crippen molar-refractivity contribution < 1.29 is 13.7 Å². The molecule has 0 heterocycles. The summed E-state index contributed by atoms with van der Waals surface area (Å²) in [5, 5.41) is 0.779. The van der Waals surface area contributed by atoms with Gasteiger partial charge < -0.3 is 4.74 Å². The molecule has 0 saturated carbocycles. The van der Waals surface area contributed by atoms with Gasteiger partial charge in [-0.2, -0.15) is 0 Å². The van der Waals surface area contributed by atoms with Gasteiger partial charge in [-0.05, 0) is 44.4 Å². The van der Waals surface area contributed by atoms with Crippen molar-refractivity contribution in [3.63, 3.8) is 0 Å². The highest BCUT2D eigenvalue weighted by Crippen LogP contribution is 2.31. The van der Waals surface area contributed by atoms with Gasteiger partial charge in [-0.3, -0.25) is 9.00 Å². The molecule has 0 aromatic heterocycles. The Labute approximate surface area is 164 Å². The van der Waals surface area contributed by atoms with Crippen LogP contribution in [0.1, 0.15) is 25.3 Å². The maximum Gasteiger partial charge on any atom is 0.306 e. The van der Waals surface area contributed by atoms with E-state index in [1.807, 2.05) is 38.1 Å². The molecule has 1 aromatic carbocycles. The van der Waals surface area contributed by atoms with Gasteiger partial charge in [0.15, 0.2) is 0 Å². The molecule has 0 N–H and O–H groups in total. The smallest absolute Gasteiger partial charge is 0.306 e. The van der Waals surface area contributed by atoms with E-state index in [2.05, 4.69) is 35.6 Å². The predicted octanol–water partition coefficient (Wildman–Crippen LogP) is 5.16. The number of rotatable bonds is 10. The van der Waals surface area contributed by atoms with E-state index in [1.54, 1.807) is 0 Å². The highest BCUT2D eigenvalue weighted by atomic mass is 79.9. The second-order valence-electron chi connectivity index (χ2n) is 7.66. The zero-order valence-electron chi connectivity index (χ0n) is 16.0. The van der Waals surface area contributed by atoms with Crippen molar-refractivity contribution in [2.45, 2.75) is 62.5 Å². The van der Waals surface area contributed by atoms with Crippen LogP contribution in [0.15, 0.2) is 29.2 Å². The average Bonchev–Trinajstić information content (AvgIpc) is 2.52. The second-order valence-corrected chi connectivity index (χ2v) is 15.7. The van der Waals surface area contributed by atoms with Crippen LogP contribution >= 0.6 is 15.9 Å². The molecule has 3 atom stereocenters. The predicted molar refractivity (Wildman–Crippen MR) is 113 cm³/mol. The van der Waals surface area contributed by atoms with Crippen LogP contribution in [0.3, 0.4) is 0 Å². The lowest BCUT2D eigenvalue weighted by molar-refractivity contribution is -0.144. The van der Waals surface area contributed by atoms with Crippen LogP contribution in [0.5, 0.6) is 0 Å². The van der Waals surface area contributed by atoms with E-state index >= 15 is 0 Å². The first kappa shape index (κ1) is 22.6. The number of hydrogen-bond donors (Lipinski definition) is 0. The fourth-order valence-electron chi connectivity index (χ4n) is 2.86. The Hall–Kier alpha value is -0.463. The normalized spacial score (nSPS) is 15.4. The number of benzene rings is 1. The summed E-state index contributed by atoms with van der Waals surface area (Å²) in [7, 11) is -2.57. The van der Waals surface area contributed by atoms with E-state index in [0.29, 0.717) is 13.0 Å². The fourth-order valence-corrected chi connectivity index (χ4v) is 8.43. The Morgan fingerprint density at radius 2 is 1.84 bits per heavy atom. The molecule has 142 valence electrons. The van der Waals surface area contributed by atoms with Crippen LogP contribution in [-0.4, -0.2) is 35.4 Å². The van der Waals surface area contributed by atoms with Crippen molar-refractivity contribution in [2.24, 2.45) is 5.92 Å². The summed E-state index contributed by atoms with van der Waals surface area (Å²) in [4.78, 5) is 12.9. The van der Waals surface area contributed by atoms with Crippen LogP contribution in [0.25, 0.3) is 0 Å². The maximum atomic E-state index is 13.4. The fraction of sp³-hybridized carbons (Fsp3) is 0.632. The van der Waals surface area contributed by atoms with E-state index in [9.17, 15) is 9.00 Å². The number of halogens is 1. The standard InChI is InChI=1S/C19H31BrO3SSi/c1-6-23-19(21)13-16(11-12-20)18(14-25(3,4)5)24(22)17-9-7-15(2)8-10-17/h7-10,16,18H,6,11-14H2,1-5H3/t16?,18-,24?/m0/s1.